The van der Waals surface area contributed by atoms with Crippen molar-refractivity contribution in [2.75, 3.05) is 11.5 Å². The molecular formula is C15H19N5. The fourth-order valence-electron chi connectivity index (χ4n) is 1.89. The Labute approximate surface area is 118 Å². The summed E-state index contributed by atoms with van der Waals surface area (Å²) >= 11 is 0. The molecule has 1 aliphatic rings. The molecule has 0 saturated carbocycles. The first kappa shape index (κ1) is 14.0. The lowest BCUT2D eigenvalue weighted by molar-refractivity contribution is 0.730. The van der Waals surface area contributed by atoms with E-state index in [-0.39, 0.29) is 11.9 Å². The van der Waals surface area contributed by atoms with Crippen LogP contribution < -0.4 is 11.5 Å². The van der Waals surface area contributed by atoms with Gasteiger partial charge in [-0.25, -0.2) is 0 Å². The molecule has 1 aromatic heterocycles. The molecule has 0 unspecified atom stereocenters. The van der Waals surface area contributed by atoms with E-state index in [4.69, 9.17) is 11.5 Å². The lowest BCUT2D eigenvalue weighted by Gasteiger charge is -2.00. The van der Waals surface area contributed by atoms with Crippen LogP contribution in [0.3, 0.4) is 0 Å². The van der Waals surface area contributed by atoms with Gasteiger partial charge >= 0.3 is 0 Å². The second kappa shape index (κ2) is 7.23. The Morgan fingerprint density at radius 2 is 1.30 bits per heavy atom. The summed E-state index contributed by atoms with van der Waals surface area (Å²) in [5, 5.41) is 0. The van der Waals surface area contributed by atoms with Crippen molar-refractivity contribution in [3.05, 3.63) is 42.5 Å². The van der Waals surface area contributed by atoms with Crippen molar-refractivity contribution in [2.45, 2.75) is 25.7 Å². The minimum Gasteiger partial charge on any atom is -0.368 e. The molecule has 0 saturated heterocycles. The summed E-state index contributed by atoms with van der Waals surface area (Å²) in [4.78, 5) is 11.7. The molecular weight excluding hydrogens is 250 g/mol. The van der Waals surface area contributed by atoms with E-state index < -0.39 is 0 Å². The Morgan fingerprint density at radius 1 is 0.750 bits per heavy atom. The highest BCUT2D eigenvalue weighted by Crippen LogP contribution is 2.14. The minimum absolute atomic E-state index is 0.136. The van der Waals surface area contributed by atoms with Crippen LogP contribution in [0.2, 0.25) is 0 Å². The third-order valence-electron chi connectivity index (χ3n) is 2.86. The van der Waals surface area contributed by atoms with Crippen molar-refractivity contribution in [1.29, 1.82) is 0 Å². The lowest BCUT2D eigenvalue weighted by Crippen LogP contribution is -2.04. The SMILES string of the molecule is C1=CCCCC1.Nc1nc(N)nc(-c2ccccc2)n1. The third kappa shape index (κ3) is 4.35. The van der Waals surface area contributed by atoms with Crippen molar-refractivity contribution in [2.24, 2.45) is 0 Å². The maximum absolute atomic E-state index is 5.45. The van der Waals surface area contributed by atoms with Crippen molar-refractivity contribution >= 4 is 11.9 Å². The van der Waals surface area contributed by atoms with E-state index in [1.807, 2.05) is 30.3 Å². The maximum Gasteiger partial charge on any atom is 0.225 e. The molecule has 0 aliphatic heterocycles. The zero-order valence-corrected chi connectivity index (χ0v) is 11.4. The maximum atomic E-state index is 5.45. The number of aromatic nitrogens is 3. The summed E-state index contributed by atoms with van der Waals surface area (Å²) < 4.78 is 0. The van der Waals surface area contributed by atoms with E-state index in [1.54, 1.807) is 0 Å². The Kier molecular flexibility index (Phi) is 5.06. The van der Waals surface area contributed by atoms with Crippen LogP contribution in [0, 0.1) is 0 Å². The summed E-state index contributed by atoms with van der Waals surface area (Å²) in [6.07, 6.45) is 10.0. The molecule has 5 nitrogen and oxygen atoms in total. The van der Waals surface area contributed by atoms with Gasteiger partial charge in [0.2, 0.25) is 11.9 Å². The summed E-state index contributed by atoms with van der Waals surface area (Å²) in [6.45, 7) is 0. The van der Waals surface area contributed by atoms with Gasteiger partial charge < -0.3 is 11.5 Å². The minimum atomic E-state index is 0.136. The summed E-state index contributed by atoms with van der Waals surface area (Å²) in [5.74, 6) is 0.767. The van der Waals surface area contributed by atoms with Gasteiger partial charge in [-0.3, -0.25) is 0 Å². The quantitative estimate of drug-likeness (QED) is 0.777. The molecule has 0 spiro atoms. The number of hydrogen-bond acceptors (Lipinski definition) is 5. The molecule has 0 amide bonds. The van der Waals surface area contributed by atoms with Gasteiger partial charge in [-0.1, -0.05) is 42.5 Å². The first-order valence-corrected chi connectivity index (χ1v) is 6.73. The van der Waals surface area contributed by atoms with Crippen molar-refractivity contribution in [3.8, 4) is 11.4 Å². The molecule has 2 aromatic rings. The Bertz CT molecular complexity index is 537. The number of nitrogens with zero attached hydrogens (tertiary/aromatic N) is 3. The highest BCUT2D eigenvalue weighted by molar-refractivity contribution is 5.56. The van der Waals surface area contributed by atoms with E-state index in [2.05, 4.69) is 27.1 Å². The number of benzene rings is 1. The number of allylic oxidation sites excluding steroid dienone is 2. The van der Waals surface area contributed by atoms with Gasteiger partial charge in [-0.05, 0) is 25.7 Å². The van der Waals surface area contributed by atoms with Gasteiger partial charge in [0, 0.05) is 5.56 Å². The summed E-state index contributed by atoms with van der Waals surface area (Å²) in [5.41, 5.74) is 11.8. The van der Waals surface area contributed by atoms with Crippen LogP contribution in [0.4, 0.5) is 11.9 Å². The fraction of sp³-hybridized carbons (Fsp3) is 0.267. The number of nitrogens with two attached hydrogens (primary N) is 2. The molecule has 5 heteroatoms. The van der Waals surface area contributed by atoms with Crippen LogP contribution in [-0.2, 0) is 0 Å². The topological polar surface area (TPSA) is 90.7 Å². The number of rotatable bonds is 1. The lowest BCUT2D eigenvalue weighted by atomic mass is 10.1. The molecule has 0 atom stereocenters. The van der Waals surface area contributed by atoms with Gasteiger partial charge in [0.1, 0.15) is 0 Å². The zero-order chi connectivity index (χ0) is 14.2. The zero-order valence-electron chi connectivity index (χ0n) is 11.4. The molecule has 20 heavy (non-hydrogen) atoms. The highest BCUT2D eigenvalue weighted by atomic mass is 15.1. The van der Waals surface area contributed by atoms with Crippen molar-refractivity contribution in [3.63, 3.8) is 0 Å². The molecule has 1 aromatic carbocycles. The molecule has 104 valence electrons. The summed E-state index contributed by atoms with van der Waals surface area (Å²) in [7, 11) is 0. The van der Waals surface area contributed by atoms with Crippen molar-refractivity contribution in [1.82, 2.24) is 15.0 Å². The van der Waals surface area contributed by atoms with Crippen LogP contribution in [0.25, 0.3) is 11.4 Å². The van der Waals surface area contributed by atoms with E-state index in [0.717, 1.165) is 5.56 Å². The van der Waals surface area contributed by atoms with Crippen LogP contribution >= 0.6 is 0 Å². The average Bonchev–Trinajstić information content (AvgIpc) is 2.50. The Balaban J connectivity index is 0.000000205. The standard InChI is InChI=1S/C9H9N5.C6H10/c10-8-12-7(13-9(11)14-8)6-4-2-1-3-5-6;1-2-4-6-5-3-1/h1-5H,(H4,10,11,12,13,14);1-2H,3-6H2. The van der Waals surface area contributed by atoms with Gasteiger partial charge in [0.25, 0.3) is 0 Å². The fourth-order valence-corrected chi connectivity index (χ4v) is 1.89. The largest absolute Gasteiger partial charge is 0.368 e. The monoisotopic (exact) mass is 269 g/mol. The Hall–Kier alpha value is -2.43. The molecule has 1 aliphatic carbocycles. The summed E-state index contributed by atoms with van der Waals surface area (Å²) in [6, 6.07) is 9.47. The normalized spacial score (nSPS) is 13.4. The van der Waals surface area contributed by atoms with Gasteiger partial charge in [0.15, 0.2) is 5.82 Å². The molecule has 0 bridgehead atoms. The first-order chi connectivity index (χ1) is 9.75. The molecule has 0 fully saturated rings. The van der Waals surface area contributed by atoms with Crippen LogP contribution in [0.15, 0.2) is 42.5 Å². The van der Waals surface area contributed by atoms with Gasteiger partial charge in [-0.15, -0.1) is 0 Å². The average molecular weight is 269 g/mol. The van der Waals surface area contributed by atoms with E-state index in [0.29, 0.717) is 5.82 Å². The van der Waals surface area contributed by atoms with Crippen LogP contribution in [0.5, 0.6) is 0 Å². The smallest absolute Gasteiger partial charge is 0.225 e. The number of anilines is 2. The predicted octanol–water partition coefficient (Wildman–Crippen LogP) is 2.82. The van der Waals surface area contributed by atoms with Crippen molar-refractivity contribution < 1.29 is 0 Å². The molecule has 4 N–H and O–H groups in total. The molecule has 3 rings (SSSR count). The van der Waals surface area contributed by atoms with E-state index in [9.17, 15) is 0 Å². The van der Waals surface area contributed by atoms with Crippen LogP contribution in [-0.4, -0.2) is 15.0 Å². The first-order valence-electron chi connectivity index (χ1n) is 6.73. The Morgan fingerprint density at radius 3 is 1.75 bits per heavy atom. The number of nitrogen functional groups attached to an aromatic ring is 2. The van der Waals surface area contributed by atoms with Gasteiger partial charge in [-0.2, -0.15) is 15.0 Å². The third-order valence-corrected chi connectivity index (χ3v) is 2.86. The second-order valence-electron chi connectivity index (χ2n) is 4.50. The number of hydrogen-bond donors (Lipinski definition) is 2. The van der Waals surface area contributed by atoms with E-state index in [1.165, 1.54) is 25.7 Å². The predicted molar refractivity (Wildman–Crippen MR) is 81.7 cm³/mol. The second-order valence-corrected chi connectivity index (χ2v) is 4.50. The van der Waals surface area contributed by atoms with Crippen LogP contribution in [0.1, 0.15) is 25.7 Å². The highest BCUT2D eigenvalue weighted by Gasteiger charge is 2.03. The molecule has 1 heterocycles. The van der Waals surface area contributed by atoms with E-state index >= 15 is 0 Å². The molecule has 0 radical (unpaired) electrons. The van der Waals surface area contributed by atoms with Gasteiger partial charge in [0.05, 0.1) is 0 Å².